The van der Waals surface area contributed by atoms with Gasteiger partial charge in [0.2, 0.25) is 0 Å². The lowest BCUT2D eigenvalue weighted by Crippen LogP contribution is -1.96. The third-order valence-corrected chi connectivity index (χ3v) is 10.4. The molecule has 0 N–H and O–H groups in total. The summed E-state index contributed by atoms with van der Waals surface area (Å²) in [5, 5.41) is 7.66. The van der Waals surface area contributed by atoms with Gasteiger partial charge in [-0.15, -0.1) is 0 Å². The lowest BCUT2D eigenvalue weighted by molar-refractivity contribution is 0.672. The minimum atomic E-state index is 0.666. The summed E-state index contributed by atoms with van der Waals surface area (Å²) in [5.74, 6) is 0.666. The van der Waals surface area contributed by atoms with Crippen LogP contribution in [0.1, 0.15) is 0 Å². The maximum atomic E-state index is 6.78. The van der Waals surface area contributed by atoms with Gasteiger partial charge in [0.05, 0.1) is 22.2 Å². The first-order valence-corrected chi connectivity index (χ1v) is 17.6. The highest BCUT2D eigenvalue weighted by molar-refractivity contribution is 6.21. The van der Waals surface area contributed by atoms with Gasteiger partial charge in [0.1, 0.15) is 11.2 Å². The fourth-order valence-corrected chi connectivity index (χ4v) is 8.01. The lowest BCUT2D eigenvalue weighted by Gasteiger charge is -2.12. The third-order valence-electron chi connectivity index (χ3n) is 10.4. The summed E-state index contributed by atoms with van der Waals surface area (Å²) in [5.41, 5.74) is 11.2. The van der Waals surface area contributed by atoms with Crippen molar-refractivity contribution in [2.75, 3.05) is 0 Å². The molecule has 0 aliphatic carbocycles. The minimum absolute atomic E-state index is 0.666. The van der Waals surface area contributed by atoms with Crippen molar-refractivity contribution >= 4 is 65.4 Å². The number of furan rings is 1. The van der Waals surface area contributed by atoms with Crippen molar-refractivity contribution in [1.29, 1.82) is 0 Å². The summed E-state index contributed by atoms with van der Waals surface area (Å²) in [4.78, 5) is 10.7. The van der Waals surface area contributed by atoms with Crippen LogP contribution in [-0.4, -0.2) is 14.5 Å². The quantitative estimate of drug-likeness (QED) is 0.188. The second kappa shape index (κ2) is 11.2. The van der Waals surface area contributed by atoms with Crippen molar-refractivity contribution in [3.8, 4) is 39.5 Å². The van der Waals surface area contributed by atoms with Crippen molar-refractivity contribution in [2.24, 2.45) is 0 Å². The number of hydrogen-bond acceptors (Lipinski definition) is 3. The maximum absolute atomic E-state index is 6.78. The van der Waals surface area contributed by atoms with Gasteiger partial charge in [-0.05, 0) is 65.0 Å². The second-order valence-corrected chi connectivity index (χ2v) is 13.4. The van der Waals surface area contributed by atoms with Crippen LogP contribution in [0.3, 0.4) is 0 Å². The van der Waals surface area contributed by atoms with Crippen molar-refractivity contribution < 1.29 is 4.42 Å². The van der Waals surface area contributed by atoms with Crippen LogP contribution in [0.25, 0.3) is 105 Å². The minimum Gasteiger partial charge on any atom is -0.455 e. The molecule has 3 heterocycles. The Hall–Kier alpha value is -7.04. The summed E-state index contributed by atoms with van der Waals surface area (Å²) < 4.78 is 9.13. The van der Waals surface area contributed by atoms with Crippen LogP contribution in [-0.2, 0) is 0 Å². The van der Waals surface area contributed by atoms with E-state index < -0.39 is 0 Å². The van der Waals surface area contributed by atoms with Gasteiger partial charge in [0, 0.05) is 49.1 Å². The second-order valence-electron chi connectivity index (χ2n) is 13.4. The number of hydrogen-bond donors (Lipinski definition) is 0. The summed E-state index contributed by atoms with van der Waals surface area (Å²) in [6, 6.07) is 61.9. The van der Waals surface area contributed by atoms with E-state index in [4.69, 9.17) is 14.4 Å². The highest BCUT2D eigenvalue weighted by Gasteiger charge is 2.21. The largest absolute Gasteiger partial charge is 0.455 e. The molecule has 0 fully saturated rings. The van der Waals surface area contributed by atoms with E-state index in [2.05, 4.69) is 168 Å². The Morgan fingerprint density at radius 1 is 0.442 bits per heavy atom. The van der Waals surface area contributed by atoms with Crippen molar-refractivity contribution in [2.45, 2.75) is 0 Å². The average Bonchev–Trinajstić information content (AvgIpc) is 3.77. The summed E-state index contributed by atoms with van der Waals surface area (Å²) >= 11 is 0. The highest BCUT2D eigenvalue weighted by Crippen LogP contribution is 2.43. The first-order valence-electron chi connectivity index (χ1n) is 17.6. The van der Waals surface area contributed by atoms with Crippen LogP contribution < -0.4 is 0 Å². The van der Waals surface area contributed by atoms with Gasteiger partial charge in [-0.25, -0.2) is 9.97 Å². The van der Waals surface area contributed by atoms with E-state index in [1.165, 1.54) is 27.4 Å². The van der Waals surface area contributed by atoms with E-state index in [9.17, 15) is 0 Å². The molecule has 0 atom stereocenters. The van der Waals surface area contributed by atoms with E-state index in [1.54, 1.807) is 0 Å². The monoisotopic (exact) mass is 663 g/mol. The Bertz CT molecular complexity index is 3140. The third kappa shape index (κ3) is 4.34. The smallest absolute Gasteiger partial charge is 0.161 e. The molecule has 3 aromatic heterocycles. The van der Waals surface area contributed by atoms with Gasteiger partial charge >= 0.3 is 0 Å². The predicted octanol–water partition coefficient (Wildman–Crippen LogP) is 12.8. The zero-order valence-electron chi connectivity index (χ0n) is 28.0. The highest BCUT2D eigenvalue weighted by atomic mass is 16.3. The molecule has 4 nitrogen and oxygen atoms in total. The average molecular weight is 664 g/mol. The van der Waals surface area contributed by atoms with Crippen LogP contribution >= 0.6 is 0 Å². The fraction of sp³-hybridized carbons (Fsp3) is 0. The van der Waals surface area contributed by atoms with E-state index in [-0.39, 0.29) is 0 Å². The van der Waals surface area contributed by atoms with Gasteiger partial charge < -0.3 is 8.98 Å². The molecular weight excluding hydrogens is 635 g/mol. The number of rotatable bonds is 4. The number of fused-ring (bicyclic) bond motifs is 9. The molecule has 4 heteroatoms. The van der Waals surface area contributed by atoms with E-state index in [0.29, 0.717) is 5.82 Å². The molecule has 0 aliphatic heterocycles. The van der Waals surface area contributed by atoms with Crippen LogP contribution in [0.2, 0.25) is 0 Å². The van der Waals surface area contributed by atoms with Gasteiger partial charge in [0.25, 0.3) is 0 Å². The molecule has 52 heavy (non-hydrogen) atoms. The van der Waals surface area contributed by atoms with E-state index >= 15 is 0 Å². The summed E-state index contributed by atoms with van der Waals surface area (Å²) in [6.07, 6.45) is 0. The zero-order valence-corrected chi connectivity index (χ0v) is 28.0. The van der Waals surface area contributed by atoms with Gasteiger partial charge in [-0.2, -0.15) is 0 Å². The number of para-hydroxylation sites is 3. The van der Waals surface area contributed by atoms with Gasteiger partial charge in [-0.3, -0.25) is 0 Å². The van der Waals surface area contributed by atoms with Crippen molar-refractivity contribution in [3.05, 3.63) is 176 Å². The standard InChI is InChI=1S/C48H29N3O/c1-2-13-30(14-3-1)31-16-12-17-33(27-31)46-38-21-6-9-22-41(38)49-48(50-46)40-28-32-15-4-5-18-35(32)47-45(40)39-29-34(25-26-44(39)52-47)51-42-23-10-7-19-36(42)37-20-8-11-24-43(37)51/h1-29H. The molecule has 0 spiro atoms. The van der Waals surface area contributed by atoms with Gasteiger partial charge in [-0.1, -0.05) is 127 Å². The van der Waals surface area contributed by atoms with Crippen LogP contribution in [0.5, 0.6) is 0 Å². The summed E-state index contributed by atoms with van der Waals surface area (Å²) in [7, 11) is 0. The molecule has 0 aliphatic rings. The molecule has 0 saturated carbocycles. The van der Waals surface area contributed by atoms with Crippen LogP contribution in [0.4, 0.5) is 0 Å². The van der Waals surface area contributed by atoms with E-state index in [0.717, 1.165) is 71.7 Å². The molecule has 0 radical (unpaired) electrons. The fourth-order valence-electron chi connectivity index (χ4n) is 8.01. The topological polar surface area (TPSA) is 43.9 Å². The molecule has 8 aromatic carbocycles. The first kappa shape index (κ1) is 28.8. The molecule has 11 aromatic rings. The summed E-state index contributed by atoms with van der Waals surface area (Å²) in [6.45, 7) is 0. The molecule has 0 amide bonds. The number of benzene rings is 8. The van der Waals surface area contributed by atoms with Crippen LogP contribution in [0.15, 0.2) is 180 Å². The molecule has 242 valence electrons. The van der Waals surface area contributed by atoms with Crippen molar-refractivity contribution in [3.63, 3.8) is 0 Å². The van der Waals surface area contributed by atoms with Gasteiger partial charge in [0.15, 0.2) is 5.82 Å². The molecule has 0 bridgehead atoms. The number of aromatic nitrogens is 3. The predicted molar refractivity (Wildman–Crippen MR) is 215 cm³/mol. The zero-order chi connectivity index (χ0) is 34.2. The van der Waals surface area contributed by atoms with Crippen molar-refractivity contribution in [1.82, 2.24) is 14.5 Å². The Labute approximate surface area is 298 Å². The Balaban J connectivity index is 1.20. The first-order chi connectivity index (χ1) is 25.8. The van der Waals surface area contributed by atoms with E-state index in [1.807, 2.05) is 12.1 Å². The SMILES string of the molecule is c1ccc(-c2cccc(-c3nc(-c4cc5ccccc5c5oc6ccc(-n7c8ccccc8c8ccccc87)cc6c45)nc4ccccc34)c2)cc1. The lowest BCUT2D eigenvalue weighted by atomic mass is 9.98. The normalized spacial score (nSPS) is 11.8. The Morgan fingerprint density at radius 3 is 1.90 bits per heavy atom. The Morgan fingerprint density at radius 2 is 1.10 bits per heavy atom. The molecule has 0 unspecified atom stereocenters. The molecule has 0 saturated heterocycles. The molecule has 11 rings (SSSR count). The Kier molecular flexibility index (Phi) is 6.22. The van der Waals surface area contributed by atoms with Crippen LogP contribution in [0, 0.1) is 0 Å². The number of nitrogens with zero attached hydrogens (tertiary/aromatic N) is 3. The molecular formula is C48H29N3O. The maximum Gasteiger partial charge on any atom is 0.161 e.